The van der Waals surface area contributed by atoms with Gasteiger partial charge in [0.25, 0.3) is 0 Å². The highest BCUT2D eigenvalue weighted by molar-refractivity contribution is 5.66. The third-order valence-corrected chi connectivity index (χ3v) is 5.64. The Labute approximate surface area is 189 Å². The monoisotopic (exact) mass is 436 g/mol. The van der Waals surface area contributed by atoms with E-state index in [2.05, 4.69) is 13.8 Å². The molecular weight excluding hydrogens is 392 g/mol. The van der Waals surface area contributed by atoms with E-state index in [1.165, 1.54) is 51.4 Å². The molecule has 0 fully saturated rings. The summed E-state index contributed by atoms with van der Waals surface area (Å²) in [6, 6.07) is 1.71. The number of ether oxygens (including phenoxy) is 2. The molecule has 0 heterocycles. The zero-order chi connectivity index (χ0) is 22.9. The van der Waals surface area contributed by atoms with Gasteiger partial charge in [0.15, 0.2) is 11.5 Å². The van der Waals surface area contributed by atoms with Crippen molar-refractivity contribution in [2.75, 3.05) is 6.61 Å². The van der Waals surface area contributed by atoms with Gasteiger partial charge >= 0.3 is 6.16 Å². The van der Waals surface area contributed by atoms with Crippen LogP contribution < -0.4 is 9.47 Å². The minimum atomic E-state index is -1.43. The number of rotatable bonds is 18. The first-order valence-corrected chi connectivity index (χ1v) is 12.5. The summed E-state index contributed by atoms with van der Waals surface area (Å²) in [5.41, 5.74) is 2.07. The van der Waals surface area contributed by atoms with Gasteiger partial charge in [-0.25, -0.2) is 4.79 Å². The quantitative estimate of drug-likeness (QED) is 0.138. The predicted molar refractivity (Wildman–Crippen MR) is 127 cm³/mol. The third-order valence-electron chi connectivity index (χ3n) is 5.64. The average Bonchev–Trinajstić information content (AvgIpc) is 2.74. The molecule has 0 amide bonds. The summed E-state index contributed by atoms with van der Waals surface area (Å²) in [4.78, 5) is 11.1. The van der Waals surface area contributed by atoms with Gasteiger partial charge in [-0.2, -0.15) is 0 Å². The van der Waals surface area contributed by atoms with E-state index in [4.69, 9.17) is 14.6 Å². The Morgan fingerprint density at radius 3 is 1.90 bits per heavy atom. The molecule has 5 nitrogen and oxygen atoms in total. The van der Waals surface area contributed by atoms with Gasteiger partial charge in [0.1, 0.15) is 0 Å². The van der Waals surface area contributed by atoms with E-state index in [1.807, 2.05) is 6.92 Å². The number of benzene rings is 1. The van der Waals surface area contributed by atoms with Crippen LogP contribution >= 0.6 is 0 Å². The van der Waals surface area contributed by atoms with Crippen LogP contribution in [0.1, 0.15) is 115 Å². The molecule has 0 saturated heterocycles. The molecule has 1 aromatic rings. The molecule has 0 aliphatic heterocycles. The highest BCUT2D eigenvalue weighted by Gasteiger charge is 2.21. The van der Waals surface area contributed by atoms with Crippen LogP contribution in [0.25, 0.3) is 0 Å². The van der Waals surface area contributed by atoms with Gasteiger partial charge < -0.3 is 19.7 Å². The van der Waals surface area contributed by atoms with Crippen molar-refractivity contribution in [1.82, 2.24) is 0 Å². The number of carbonyl (C=O) groups is 1. The summed E-state index contributed by atoms with van der Waals surface area (Å²) >= 11 is 0. The summed E-state index contributed by atoms with van der Waals surface area (Å²) in [6.07, 6.45) is 15.4. The van der Waals surface area contributed by atoms with Gasteiger partial charge in [-0.05, 0) is 43.7 Å². The van der Waals surface area contributed by atoms with Crippen molar-refractivity contribution in [1.29, 1.82) is 0 Å². The van der Waals surface area contributed by atoms with Crippen molar-refractivity contribution < 1.29 is 24.5 Å². The number of phenols is 1. The lowest BCUT2D eigenvalue weighted by atomic mass is 9.94. The summed E-state index contributed by atoms with van der Waals surface area (Å²) in [7, 11) is 0. The Bertz CT molecular complexity index is 627. The van der Waals surface area contributed by atoms with Crippen LogP contribution in [0.3, 0.4) is 0 Å². The second-order valence-corrected chi connectivity index (χ2v) is 8.44. The molecule has 0 spiro atoms. The number of aromatic hydroxyl groups is 1. The molecule has 0 unspecified atom stereocenters. The van der Waals surface area contributed by atoms with Crippen LogP contribution in [0.15, 0.2) is 6.07 Å². The Morgan fingerprint density at radius 2 is 1.35 bits per heavy atom. The van der Waals surface area contributed by atoms with Crippen molar-refractivity contribution in [3.8, 4) is 17.2 Å². The third kappa shape index (κ3) is 10.8. The van der Waals surface area contributed by atoms with Gasteiger partial charge in [-0.1, -0.05) is 85.0 Å². The molecule has 0 aromatic heterocycles. The average molecular weight is 437 g/mol. The van der Waals surface area contributed by atoms with Crippen molar-refractivity contribution in [2.45, 2.75) is 117 Å². The molecular formula is C26H44O5. The fourth-order valence-corrected chi connectivity index (χ4v) is 3.92. The molecule has 5 heteroatoms. The summed E-state index contributed by atoms with van der Waals surface area (Å²) in [5, 5.41) is 19.8. The van der Waals surface area contributed by atoms with Gasteiger partial charge in [0.05, 0.1) is 6.61 Å². The van der Waals surface area contributed by atoms with E-state index in [0.717, 1.165) is 56.1 Å². The number of carboxylic acid groups (broad SMARTS) is 1. The van der Waals surface area contributed by atoms with E-state index in [-0.39, 0.29) is 11.5 Å². The van der Waals surface area contributed by atoms with Crippen molar-refractivity contribution in [2.24, 2.45) is 0 Å². The smallest absolute Gasteiger partial charge is 0.502 e. The number of hydrogen-bond acceptors (Lipinski definition) is 4. The first-order valence-electron chi connectivity index (χ1n) is 12.5. The van der Waals surface area contributed by atoms with Crippen LogP contribution in [0, 0.1) is 0 Å². The zero-order valence-electron chi connectivity index (χ0n) is 20.0. The van der Waals surface area contributed by atoms with Crippen LogP contribution in [-0.2, 0) is 12.8 Å². The minimum absolute atomic E-state index is 0.0220. The first kappa shape index (κ1) is 27.1. The first-order chi connectivity index (χ1) is 15.0. The highest BCUT2D eigenvalue weighted by atomic mass is 16.7. The fourth-order valence-electron chi connectivity index (χ4n) is 3.92. The zero-order valence-corrected chi connectivity index (χ0v) is 20.0. The van der Waals surface area contributed by atoms with Crippen molar-refractivity contribution in [3.05, 3.63) is 17.2 Å². The molecule has 0 aliphatic carbocycles. The molecule has 2 N–H and O–H groups in total. The topological polar surface area (TPSA) is 76.0 Å². The molecule has 0 bridgehead atoms. The maximum atomic E-state index is 11.1. The Balaban J connectivity index is 3.00. The van der Waals surface area contributed by atoms with E-state index < -0.39 is 6.16 Å². The summed E-state index contributed by atoms with van der Waals surface area (Å²) in [5.74, 6) is 0.199. The summed E-state index contributed by atoms with van der Waals surface area (Å²) < 4.78 is 10.8. The normalized spacial score (nSPS) is 10.9. The second kappa shape index (κ2) is 16.7. The lowest BCUT2D eigenvalue weighted by Gasteiger charge is -2.19. The van der Waals surface area contributed by atoms with Gasteiger partial charge in [0.2, 0.25) is 5.75 Å². The predicted octanol–water partition coefficient (Wildman–Crippen LogP) is 8.04. The number of phenolic OH excluding ortho intramolecular Hbond substituents is 1. The molecule has 1 aromatic carbocycles. The molecule has 178 valence electrons. The maximum Gasteiger partial charge on any atom is 0.511 e. The summed E-state index contributed by atoms with van der Waals surface area (Å²) in [6.45, 7) is 6.92. The second-order valence-electron chi connectivity index (χ2n) is 8.44. The van der Waals surface area contributed by atoms with Gasteiger partial charge in [-0.15, -0.1) is 0 Å². The fraction of sp³-hybridized carbons (Fsp3) is 0.731. The van der Waals surface area contributed by atoms with E-state index >= 15 is 0 Å². The molecule has 0 saturated carbocycles. The van der Waals surface area contributed by atoms with Crippen molar-refractivity contribution in [3.63, 3.8) is 0 Å². The van der Waals surface area contributed by atoms with E-state index in [0.29, 0.717) is 12.4 Å². The van der Waals surface area contributed by atoms with E-state index in [1.54, 1.807) is 6.07 Å². The molecule has 0 radical (unpaired) electrons. The maximum absolute atomic E-state index is 11.1. The van der Waals surface area contributed by atoms with Gasteiger partial charge in [0, 0.05) is 5.56 Å². The number of unbranched alkanes of at least 4 members (excludes halogenated alkanes) is 10. The van der Waals surface area contributed by atoms with Crippen LogP contribution in [0.4, 0.5) is 4.79 Å². The van der Waals surface area contributed by atoms with Crippen LogP contribution in [0.2, 0.25) is 0 Å². The lowest BCUT2D eigenvalue weighted by molar-refractivity contribution is 0.142. The molecule has 0 aliphatic rings. The van der Waals surface area contributed by atoms with E-state index in [9.17, 15) is 9.90 Å². The number of aryl methyl sites for hydroxylation is 1. The molecule has 1 rings (SSSR count). The highest BCUT2D eigenvalue weighted by Crippen LogP contribution is 2.43. The SMILES string of the molecule is CCCCCCCCc1cc(OC(=O)O)c(O)c(OCCC)c1CCCCCCCC. The molecule has 0 atom stereocenters. The Hall–Kier alpha value is -1.91. The minimum Gasteiger partial charge on any atom is -0.502 e. The van der Waals surface area contributed by atoms with Crippen LogP contribution in [0.5, 0.6) is 17.2 Å². The molecule has 31 heavy (non-hydrogen) atoms. The number of hydrogen-bond donors (Lipinski definition) is 2. The Morgan fingerprint density at radius 1 is 0.806 bits per heavy atom. The largest absolute Gasteiger partial charge is 0.511 e. The van der Waals surface area contributed by atoms with Crippen molar-refractivity contribution >= 4 is 6.16 Å². The standard InChI is InChI=1S/C26H44O5/c1-4-7-9-11-13-15-17-21-20-23(31-26(28)29)24(27)25(30-19-6-3)22(21)18-16-14-12-10-8-5-2/h20,27H,4-19H2,1-3H3,(H,28,29). The Kier molecular flexibility index (Phi) is 14.6. The lowest BCUT2D eigenvalue weighted by Crippen LogP contribution is -2.08. The van der Waals surface area contributed by atoms with Gasteiger partial charge in [-0.3, -0.25) is 0 Å². The van der Waals surface area contributed by atoms with Crippen LogP contribution in [-0.4, -0.2) is 23.0 Å².